The van der Waals surface area contributed by atoms with Crippen molar-refractivity contribution in [1.29, 1.82) is 0 Å². The third-order valence-corrected chi connectivity index (χ3v) is 4.83. The summed E-state index contributed by atoms with van der Waals surface area (Å²) in [5.41, 5.74) is 5.67. The first kappa shape index (κ1) is 18.4. The predicted molar refractivity (Wildman–Crippen MR) is 109 cm³/mol. The maximum absolute atomic E-state index is 4.53. The van der Waals surface area contributed by atoms with Gasteiger partial charge in [0.2, 0.25) is 0 Å². The molecule has 0 fully saturated rings. The number of unbranched alkanes of at least 4 members (excludes halogenated alkanes) is 5. The van der Waals surface area contributed by atoms with Crippen LogP contribution in [0.2, 0.25) is 0 Å². The molecular weight excluding hydrogens is 318 g/mol. The van der Waals surface area contributed by atoms with Gasteiger partial charge in [-0.3, -0.25) is 0 Å². The predicted octanol–water partition coefficient (Wildman–Crippen LogP) is 6.28. The zero-order valence-electron chi connectivity index (χ0n) is 16.0. The first-order valence-corrected chi connectivity index (χ1v) is 9.85. The standard InChI is InChI=1S/C23H29N3/c1-3-4-5-6-7-11-18-26-23(21-12-9-8-10-13-21)22(24-25-26)20-16-14-19(2)15-17-20/h8-10,12-17H,3-7,11,18H2,1-2H3. The maximum Gasteiger partial charge on any atom is 0.121 e. The molecule has 0 aliphatic heterocycles. The molecule has 0 saturated heterocycles. The van der Waals surface area contributed by atoms with Gasteiger partial charge in [-0.1, -0.05) is 104 Å². The van der Waals surface area contributed by atoms with E-state index in [1.54, 1.807) is 0 Å². The summed E-state index contributed by atoms with van der Waals surface area (Å²) in [4.78, 5) is 0. The number of nitrogens with zero attached hydrogens (tertiary/aromatic N) is 3. The van der Waals surface area contributed by atoms with Gasteiger partial charge in [-0.25, -0.2) is 4.68 Å². The molecule has 0 spiro atoms. The number of aromatic nitrogens is 3. The Hall–Kier alpha value is -2.42. The molecule has 0 aliphatic carbocycles. The quantitative estimate of drug-likeness (QED) is 0.426. The van der Waals surface area contributed by atoms with Crippen LogP contribution in [-0.2, 0) is 6.54 Å². The van der Waals surface area contributed by atoms with Gasteiger partial charge in [0.25, 0.3) is 0 Å². The summed E-state index contributed by atoms with van der Waals surface area (Å²) in [6.45, 7) is 5.29. The topological polar surface area (TPSA) is 30.7 Å². The molecule has 2 aromatic carbocycles. The fourth-order valence-corrected chi connectivity index (χ4v) is 3.30. The molecule has 3 rings (SSSR count). The summed E-state index contributed by atoms with van der Waals surface area (Å²) >= 11 is 0. The molecule has 0 aliphatic rings. The molecular formula is C23H29N3. The summed E-state index contributed by atoms with van der Waals surface area (Å²) < 4.78 is 2.09. The third kappa shape index (κ3) is 4.60. The number of benzene rings is 2. The lowest BCUT2D eigenvalue weighted by molar-refractivity contribution is 0.520. The Morgan fingerprint density at radius 2 is 1.46 bits per heavy atom. The Kier molecular flexibility index (Phi) is 6.59. The van der Waals surface area contributed by atoms with E-state index in [-0.39, 0.29) is 0 Å². The van der Waals surface area contributed by atoms with Gasteiger partial charge in [-0.05, 0) is 13.3 Å². The summed E-state index contributed by atoms with van der Waals surface area (Å²) in [6.07, 6.45) is 7.70. The molecule has 0 amide bonds. The highest BCUT2D eigenvalue weighted by atomic mass is 15.4. The second-order valence-corrected chi connectivity index (χ2v) is 7.01. The lowest BCUT2D eigenvalue weighted by atomic mass is 10.0. The van der Waals surface area contributed by atoms with Gasteiger partial charge >= 0.3 is 0 Å². The van der Waals surface area contributed by atoms with Crippen LogP contribution in [-0.4, -0.2) is 15.0 Å². The minimum atomic E-state index is 0.926. The molecule has 0 unspecified atom stereocenters. The summed E-state index contributed by atoms with van der Waals surface area (Å²) in [6, 6.07) is 19.1. The van der Waals surface area contributed by atoms with Gasteiger partial charge in [0.15, 0.2) is 0 Å². The average Bonchev–Trinajstić information content (AvgIpc) is 3.10. The van der Waals surface area contributed by atoms with E-state index in [4.69, 9.17) is 0 Å². The van der Waals surface area contributed by atoms with Crippen molar-refractivity contribution in [2.24, 2.45) is 0 Å². The van der Waals surface area contributed by atoms with Crippen molar-refractivity contribution < 1.29 is 0 Å². The first-order chi connectivity index (χ1) is 12.8. The molecule has 1 aromatic heterocycles. The van der Waals surface area contributed by atoms with Crippen LogP contribution in [0.25, 0.3) is 22.5 Å². The second-order valence-electron chi connectivity index (χ2n) is 7.01. The Labute approximate surface area is 157 Å². The van der Waals surface area contributed by atoms with Crippen molar-refractivity contribution in [3.63, 3.8) is 0 Å². The number of hydrogen-bond acceptors (Lipinski definition) is 2. The lowest BCUT2D eigenvalue weighted by Gasteiger charge is -2.09. The molecule has 3 aromatic rings. The molecule has 0 N–H and O–H groups in total. The van der Waals surface area contributed by atoms with Crippen LogP contribution < -0.4 is 0 Å². The Morgan fingerprint density at radius 3 is 2.19 bits per heavy atom. The van der Waals surface area contributed by atoms with E-state index in [1.807, 2.05) is 0 Å². The fourth-order valence-electron chi connectivity index (χ4n) is 3.30. The fraction of sp³-hybridized carbons (Fsp3) is 0.391. The minimum Gasteiger partial charge on any atom is -0.244 e. The van der Waals surface area contributed by atoms with Crippen molar-refractivity contribution >= 4 is 0 Å². The lowest BCUT2D eigenvalue weighted by Crippen LogP contribution is -2.03. The van der Waals surface area contributed by atoms with Gasteiger partial charge in [0.05, 0.1) is 5.69 Å². The minimum absolute atomic E-state index is 0.926. The average molecular weight is 348 g/mol. The number of rotatable bonds is 9. The summed E-state index contributed by atoms with van der Waals surface area (Å²) in [5.74, 6) is 0. The zero-order valence-corrected chi connectivity index (χ0v) is 16.0. The Bertz CT molecular complexity index is 788. The smallest absolute Gasteiger partial charge is 0.121 e. The van der Waals surface area contributed by atoms with Crippen LogP contribution in [0.3, 0.4) is 0 Å². The largest absolute Gasteiger partial charge is 0.244 e. The van der Waals surface area contributed by atoms with E-state index >= 15 is 0 Å². The molecule has 0 radical (unpaired) electrons. The van der Waals surface area contributed by atoms with Crippen molar-refractivity contribution in [1.82, 2.24) is 15.0 Å². The van der Waals surface area contributed by atoms with E-state index in [9.17, 15) is 0 Å². The van der Waals surface area contributed by atoms with Gasteiger partial charge in [-0.15, -0.1) is 5.10 Å². The molecule has 0 saturated carbocycles. The van der Waals surface area contributed by atoms with Crippen LogP contribution >= 0.6 is 0 Å². The van der Waals surface area contributed by atoms with Crippen molar-refractivity contribution in [3.05, 3.63) is 60.2 Å². The molecule has 136 valence electrons. The van der Waals surface area contributed by atoms with Crippen molar-refractivity contribution in [2.75, 3.05) is 0 Å². The van der Waals surface area contributed by atoms with Crippen molar-refractivity contribution in [3.8, 4) is 22.5 Å². The molecule has 3 heteroatoms. The van der Waals surface area contributed by atoms with Crippen LogP contribution in [0.1, 0.15) is 51.0 Å². The SMILES string of the molecule is CCCCCCCCn1nnc(-c2ccc(C)cc2)c1-c1ccccc1. The maximum atomic E-state index is 4.53. The molecule has 3 nitrogen and oxygen atoms in total. The van der Waals surface area contributed by atoms with Gasteiger partial charge < -0.3 is 0 Å². The number of hydrogen-bond donors (Lipinski definition) is 0. The summed E-state index contributed by atoms with van der Waals surface area (Å²) in [5, 5.41) is 9.03. The highest BCUT2D eigenvalue weighted by Gasteiger charge is 2.16. The third-order valence-electron chi connectivity index (χ3n) is 4.83. The second kappa shape index (κ2) is 9.33. The van der Waals surface area contributed by atoms with Crippen LogP contribution in [0.5, 0.6) is 0 Å². The van der Waals surface area contributed by atoms with E-state index in [1.165, 1.54) is 43.2 Å². The van der Waals surface area contributed by atoms with E-state index < -0.39 is 0 Å². The Morgan fingerprint density at radius 1 is 0.769 bits per heavy atom. The number of aryl methyl sites for hydroxylation is 2. The van der Waals surface area contributed by atoms with E-state index in [0.29, 0.717) is 0 Å². The van der Waals surface area contributed by atoms with Gasteiger partial charge in [-0.2, -0.15) is 0 Å². The Balaban J connectivity index is 1.82. The monoisotopic (exact) mass is 347 g/mol. The van der Waals surface area contributed by atoms with Gasteiger partial charge in [0, 0.05) is 17.7 Å². The molecule has 0 atom stereocenters. The van der Waals surface area contributed by atoms with Crippen LogP contribution in [0, 0.1) is 6.92 Å². The normalized spacial score (nSPS) is 11.0. The van der Waals surface area contributed by atoms with Crippen molar-refractivity contribution in [2.45, 2.75) is 58.9 Å². The van der Waals surface area contributed by atoms with E-state index in [2.05, 4.69) is 83.4 Å². The highest BCUT2D eigenvalue weighted by molar-refractivity contribution is 5.77. The van der Waals surface area contributed by atoms with Crippen LogP contribution in [0.4, 0.5) is 0 Å². The van der Waals surface area contributed by atoms with Crippen LogP contribution in [0.15, 0.2) is 54.6 Å². The summed E-state index contributed by atoms with van der Waals surface area (Å²) in [7, 11) is 0. The zero-order chi connectivity index (χ0) is 18.2. The van der Waals surface area contributed by atoms with E-state index in [0.717, 1.165) is 29.9 Å². The molecule has 1 heterocycles. The van der Waals surface area contributed by atoms with Gasteiger partial charge in [0.1, 0.15) is 5.69 Å². The first-order valence-electron chi connectivity index (χ1n) is 9.85. The molecule has 26 heavy (non-hydrogen) atoms. The highest BCUT2D eigenvalue weighted by Crippen LogP contribution is 2.30. The molecule has 0 bridgehead atoms.